The first-order chi connectivity index (χ1) is 11.7. The van der Waals surface area contributed by atoms with E-state index in [2.05, 4.69) is 34.1 Å². The number of aliphatic hydroxyl groups excluding tert-OH is 1. The van der Waals surface area contributed by atoms with E-state index in [0.717, 1.165) is 31.9 Å². The summed E-state index contributed by atoms with van der Waals surface area (Å²) in [6, 6.07) is 17.7. The highest BCUT2D eigenvalue weighted by Crippen LogP contribution is 2.16. The molecular weight excluding hydrogens is 373 g/mol. The zero-order valence-corrected chi connectivity index (χ0v) is 16.3. The standard InChI is InChI=1S/C19H25N3O2.2ClH/c20-16-6-8-19(9-7-16)24-15-18(23)14-21-10-12-22(13-11-21)17-4-2-1-3-5-17;;/h1-9,18,23H,10-15,20H2;2*1H. The van der Waals surface area contributed by atoms with Crippen molar-refractivity contribution in [2.45, 2.75) is 6.10 Å². The molecular formula is C19H27Cl2N3O2. The molecule has 1 heterocycles. The van der Waals surface area contributed by atoms with Crippen molar-refractivity contribution in [1.82, 2.24) is 4.90 Å². The fourth-order valence-electron chi connectivity index (χ4n) is 2.93. The first kappa shape index (κ1) is 22.4. The van der Waals surface area contributed by atoms with Crippen molar-refractivity contribution >= 4 is 36.2 Å². The molecule has 1 saturated heterocycles. The van der Waals surface area contributed by atoms with E-state index < -0.39 is 6.10 Å². The van der Waals surface area contributed by atoms with Crippen LogP contribution < -0.4 is 15.4 Å². The SMILES string of the molecule is Cl.Cl.Nc1ccc(OCC(O)CN2CCN(c3ccccc3)CC2)cc1. The van der Waals surface area contributed by atoms with E-state index in [0.29, 0.717) is 18.8 Å². The third-order valence-electron chi connectivity index (χ3n) is 4.29. The predicted molar refractivity (Wildman–Crippen MR) is 112 cm³/mol. The van der Waals surface area contributed by atoms with Gasteiger partial charge in [0, 0.05) is 44.1 Å². The summed E-state index contributed by atoms with van der Waals surface area (Å²) in [5.74, 6) is 0.733. The molecule has 1 aliphatic heterocycles. The monoisotopic (exact) mass is 399 g/mol. The first-order valence-electron chi connectivity index (χ1n) is 8.39. The van der Waals surface area contributed by atoms with E-state index >= 15 is 0 Å². The quantitative estimate of drug-likeness (QED) is 0.731. The summed E-state index contributed by atoms with van der Waals surface area (Å²) in [6.45, 7) is 4.80. The van der Waals surface area contributed by atoms with Gasteiger partial charge >= 0.3 is 0 Å². The Kier molecular flexibility index (Phi) is 9.59. The minimum atomic E-state index is -0.495. The molecule has 7 heteroatoms. The van der Waals surface area contributed by atoms with Crippen LogP contribution in [0.15, 0.2) is 54.6 Å². The zero-order chi connectivity index (χ0) is 16.8. The number of anilines is 2. The lowest BCUT2D eigenvalue weighted by atomic mass is 10.2. The highest BCUT2D eigenvalue weighted by atomic mass is 35.5. The number of hydrogen-bond acceptors (Lipinski definition) is 5. The zero-order valence-electron chi connectivity index (χ0n) is 14.7. The smallest absolute Gasteiger partial charge is 0.119 e. The Morgan fingerprint density at radius 1 is 0.923 bits per heavy atom. The summed E-state index contributed by atoms with van der Waals surface area (Å²) in [5.41, 5.74) is 7.62. The number of para-hydroxylation sites is 1. The van der Waals surface area contributed by atoms with Crippen molar-refractivity contribution in [1.29, 1.82) is 0 Å². The fraction of sp³-hybridized carbons (Fsp3) is 0.368. The average molecular weight is 400 g/mol. The summed E-state index contributed by atoms with van der Waals surface area (Å²) in [4.78, 5) is 4.67. The molecule has 0 aliphatic carbocycles. The Labute approximate surface area is 167 Å². The summed E-state index contributed by atoms with van der Waals surface area (Å²) >= 11 is 0. The van der Waals surface area contributed by atoms with Crippen LogP contribution >= 0.6 is 24.8 Å². The average Bonchev–Trinajstić information content (AvgIpc) is 2.63. The summed E-state index contributed by atoms with van der Waals surface area (Å²) < 4.78 is 5.61. The highest BCUT2D eigenvalue weighted by Gasteiger charge is 2.19. The Balaban J connectivity index is 0.00000169. The van der Waals surface area contributed by atoms with Gasteiger partial charge < -0.3 is 20.5 Å². The second kappa shape index (κ2) is 11.1. The van der Waals surface area contributed by atoms with Crippen molar-refractivity contribution in [2.75, 3.05) is 50.0 Å². The van der Waals surface area contributed by atoms with Crippen molar-refractivity contribution in [2.24, 2.45) is 0 Å². The number of nitrogens with two attached hydrogens (primary N) is 1. The third-order valence-corrected chi connectivity index (χ3v) is 4.29. The molecule has 0 saturated carbocycles. The molecule has 1 atom stereocenters. The van der Waals surface area contributed by atoms with Gasteiger partial charge in [-0.15, -0.1) is 24.8 Å². The van der Waals surface area contributed by atoms with Crippen LogP contribution in [0, 0.1) is 0 Å². The van der Waals surface area contributed by atoms with Crippen molar-refractivity contribution in [3.63, 3.8) is 0 Å². The number of nitrogens with zero attached hydrogens (tertiary/aromatic N) is 2. The second-order valence-corrected chi connectivity index (χ2v) is 6.16. The number of halogens is 2. The van der Waals surface area contributed by atoms with E-state index in [1.165, 1.54) is 5.69 Å². The maximum absolute atomic E-state index is 10.2. The van der Waals surface area contributed by atoms with Crippen LogP contribution in [-0.4, -0.2) is 55.4 Å². The van der Waals surface area contributed by atoms with Gasteiger partial charge in [0.1, 0.15) is 18.5 Å². The lowest BCUT2D eigenvalue weighted by Gasteiger charge is -2.36. The molecule has 26 heavy (non-hydrogen) atoms. The van der Waals surface area contributed by atoms with Gasteiger partial charge in [-0.2, -0.15) is 0 Å². The third kappa shape index (κ3) is 6.57. The molecule has 1 unspecified atom stereocenters. The molecule has 0 aromatic heterocycles. The number of ether oxygens (including phenoxy) is 1. The Morgan fingerprint density at radius 2 is 1.54 bits per heavy atom. The molecule has 144 valence electrons. The molecule has 2 aromatic rings. The number of aliphatic hydroxyl groups is 1. The van der Waals surface area contributed by atoms with Gasteiger partial charge in [-0.05, 0) is 36.4 Å². The lowest BCUT2D eigenvalue weighted by Crippen LogP contribution is -2.49. The molecule has 0 spiro atoms. The second-order valence-electron chi connectivity index (χ2n) is 6.16. The summed E-state index contributed by atoms with van der Waals surface area (Å²) in [5, 5.41) is 10.2. The molecule has 1 fully saturated rings. The van der Waals surface area contributed by atoms with Gasteiger partial charge in [-0.1, -0.05) is 18.2 Å². The van der Waals surface area contributed by atoms with Crippen LogP contribution in [0.5, 0.6) is 5.75 Å². The fourth-order valence-corrected chi connectivity index (χ4v) is 2.93. The number of β-amino-alcohol motifs (C(OH)–C–C–N with tert-alkyl or cyclic N) is 1. The Morgan fingerprint density at radius 3 is 2.15 bits per heavy atom. The van der Waals surface area contributed by atoms with E-state index in [1.807, 2.05) is 18.2 Å². The minimum Gasteiger partial charge on any atom is -0.491 e. The molecule has 5 nitrogen and oxygen atoms in total. The maximum Gasteiger partial charge on any atom is 0.119 e. The maximum atomic E-state index is 10.2. The van der Waals surface area contributed by atoms with E-state index in [-0.39, 0.29) is 24.8 Å². The molecule has 3 N–H and O–H groups in total. The van der Waals surface area contributed by atoms with Gasteiger partial charge in [0.05, 0.1) is 0 Å². The molecule has 0 bridgehead atoms. The summed E-state index contributed by atoms with van der Waals surface area (Å²) in [7, 11) is 0. The van der Waals surface area contributed by atoms with Gasteiger partial charge in [0.25, 0.3) is 0 Å². The van der Waals surface area contributed by atoms with Crippen molar-refractivity contribution in [3.05, 3.63) is 54.6 Å². The Bertz CT molecular complexity index is 620. The molecule has 3 rings (SSSR count). The van der Waals surface area contributed by atoms with Crippen LogP contribution in [0.3, 0.4) is 0 Å². The van der Waals surface area contributed by atoms with E-state index in [4.69, 9.17) is 10.5 Å². The lowest BCUT2D eigenvalue weighted by molar-refractivity contribution is 0.0663. The van der Waals surface area contributed by atoms with Gasteiger partial charge in [0.15, 0.2) is 0 Å². The normalized spacial score (nSPS) is 15.5. The predicted octanol–water partition coefficient (Wildman–Crippen LogP) is 2.67. The topological polar surface area (TPSA) is 62.0 Å². The molecule has 0 radical (unpaired) electrons. The van der Waals surface area contributed by atoms with Crippen LogP contribution in [0.1, 0.15) is 0 Å². The Hall–Kier alpha value is -1.66. The number of rotatable bonds is 6. The van der Waals surface area contributed by atoms with Crippen LogP contribution in [0.4, 0.5) is 11.4 Å². The van der Waals surface area contributed by atoms with Gasteiger partial charge in [-0.25, -0.2) is 0 Å². The van der Waals surface area contributed by atoms with Gasteiger partial charge in [-0.3, -0.25) is 4.90 Å². The molecule has 2 aromatic carbocycles. The van der Waals surface area contributed by atoms with Crippen LogP contribution in [0.25, 0.3) is 0 Å². The number of nitrogen functional groups attached to an aromatic ring is 1. The number of hydrogen-bond donors (Lipinski definition) is 2. The minimum absolute atomic E-state index is 0. The largest absolute Gasteiger partial charge is 0.491 e. The van der Waals surface area contributed by atoms with Crippen molar-refractivity contribution < 1.29 is 9.84 Å². The number of piperazine rings is 1. The first-order valence-corrected chi connectivity index (χ1v) is 8.39. The van der Waals surface area contributed by atoms with Crippen LogP contribution in [0.2, 0.25) is 0 Å². The summed E-state index contributed by atoms with van der Waals surface area (Å²) in [6.07, 6.45) is -0.495. The van der Waals surface area contributed by atoms with E-state index in [1.54, 1.807) is 12.1 Å². The van der Waals surface area contributed by atoms with Crippen LogP contribution in [-0.2, 0) is 0 Å². The van der Waals surface area contributed by atoms with Gasteiger partial charge in [0.2, 0.25) is 0 Å². The van der Waals surface area contributed by atoms with Crippen molar-refractivity contribution in [3.8, 4) is 5.75 Å². The molecule has 1 aliphatic rings. The molecule has 0 amide bonds. The highest BCUT2D eigenvalue weighted by molar-refractivity contribution is 5.85. The van der Waals surface area contributed by atoms with E-state index in [9.17, 15) is 5.11 Å². The number of benzene rings is 2.